The summed E-state index contributed by atoms with van der Waals surface area (Å²) in [6, 6.07) is 7.62. The van der Waals surface area contributed by atoms with E-state index in [1.54, 1.807) is 7.11 Å². The van der Waals surface area contributed by atoms with Crippen LogP contribution in [0.4, 0.5) is 0 Å². The van der Waals surface area contributed by atoms with Gasteiger partial charge < -0.3 is 14.8 Å². The average Bonchev–Trinajstić information content (AvgIpc) is 3.08. The number of amides is 1. The molecule has 0 fully saturated rings. The van der Waals surface area contributed by atoms with Gasteiger partial charge in [0.2, 0.25) is 5.91 Å². The first-order valence-corrected chi connectivity index (χ1v) is 9.40. The van der Waals surface area contributed by atoms with Crippen LogP contribution in [0.25, 0.3) is 5.69 Å². The largest absolute Gasteiger partial charge is 0.497 e. The highest BCUT2D eigenvalue weighted by Gasteiger charge is 2.36. The van der Waals surface area contributed by atoms with Gasteiger partial charge in [-0.3, -0.25) is 9.59 Å². The Balaban J connectivity index is 1.83. The van der Waals surface area contributed by atoms with E-state index in [1.807, 2.05) is 35.1 Å². The second-order valence-electron chi connectivity index (χ2n) is 7.90. The number of nitrogens with one attached hydrogen (secondary N) is 1. The van der Waals surface area contributed by atoms with Gasteiger partial charge in [-0.15, -0.1) is 0 Å². The molecule has 28 heavy (non-hydrogen) atoms. The molecule has 1 heterocycles. The minimum atomic E-state index is -0.382. The van der Waals surface area contributed by atoms with Gasteiger partial charge in [0.25, 0.3) is 0 Å². The standard InChI is InChI=1S/C21H27N3O4/c1-21(2)11-17(23-19(25)9-10-20(26)28-4)16-13-22-24(18(16)12-21)14-5-7-15(27-3)8-6-14/h5-8,13,17H,9-12H2,1-4H3,(H,23,25). The number of benzene rings is 1. The molecule has 0 saturated heterocycles. The van der Waals surface area contributed by atoms with Gasteiger partial charge in [-0.25, -0.2) is 4.68 Å². The van der Waals surface area contributed by atoms with Crippen molar-refractivity contribution in [2.24, 2.45) is 5.41 Å². The Labute approximate surface area is 165 Å². The van der Waals surface area contributed by atoms with E-state index in [0.717, 1.165) is 35.5 Å². The highest BCUT2D eigenvalue weighted by Crippen LogP contribution is 2.41. The van der Waals surface area contributed by atoms with Gasteiger partial charge in [-0.05, 0) is 42.5 Å². The van der Waals surface area contributed by atoms with Crippen LogP contribution in [0.2, 0.25) is 0 Å². The van der Waals surface area contributed by atoms with Gasteiger partial charge in [-0.1, -0.05) is 13.8 Å². The number of rotatable bonds is 6. The molecule has 2 aromatic rings. The topological polar surface area (TPSA) is 82.5 Å². The number of carbonyl (C=O) groups is 2. The van der Waals surface area contributed by atoms with Gasteiger partial charge in [-0.2, -0.15) is 5.10 Å². The van der Waals surface area contributed by atoms with Crippen molar-refractivity contribution in [2.75, 3.05) is 14.2 Å². The minimum absolute atomic E-state index is 0.0115. The van der Waals surface area contributed by atoms with Crippen molar-refractivity contribution in [3.63, 3.8) is 0 Å². The molecular formula is C21H27N3O4. The Bertz CT molecular complexity index is 855. The molecule has 1 amide bonds. The molecule has 7 nitrogen and oxygen atoms in total. The van der Waals surface area contributed by atoms with Gasteiger partial charge in [0, 0.05) is 12.0 Å². The summed E-state index contributed by atoms with van der Waals surface area (Å²) in [5, 5.41) is 7.66. The summed E-state index contributed by atoms with van der Waals surface area (Å²) in [5.41, 5.74) is 3.09. The Hall–Kier alpha value is -2.83. The van der Waals surface area contributed by atoms with E-state index < -0.39 is 0 Å². The zero-order valence-electron chi connectivity index (χ0n) is 16.8. The maximum atomic E-state index is 12.3. The molecule has 0 radical (unpaired) electrons. The second-order valence-corrected chi connectivity index (χ2v) is 7.90. The Morgan fingerprint density at radius 3 is 2.57 bits per heavy atom. The quantitative estimate of drug-likeness (QED) is 0.773. The molecule has 3 rings (SSSR count). The first-order chi connectivity index (χ1) is 13.3. The third kappa shape index (κ3) is 4.35. The second kappa shape index (κ2) is 8.04. The van der Waals surface area contributed by atoms with E-state index in [0.29, 0.717) is 0 Å². The number of carbonyl (C=O) groups excluding carboxylic acids is 2. The van der Waals surface area contributed by atoms with Crippen LogP contribution in [-0.4, -0.2) is 35.9 Å². The number of hydrogen-bond donors (Lipinski definition) is 1. The summed E-state index contributed by atoms with van der Waals surface area (Å²) in [5.74, 6) is 0.254. The van der Waals surface area contributed by atoms with Crippen LogP contribution in [0.1, 0.15) is 50.4 Å². The summed E-state index contributed by atoms with van der Waals surface area (Å²) in [7, 11) is 2.96. The number of fused-ring (bicyclic) bond motifs is 1. The third-order valence-electron chi connectivity index (χ3n) is 5.12. The molecule has 1 aliphatic rings. The molecule has 0 aliphatic heterocycles. The molecule has 1 atom stereocenters. The summed E-state index contributed by atoms with van der Waals surface area (Å²) >= 11 is 0. The van der Waals surface area contributed by atoms with E-state index >= 15 is 0 Å². The average molecular weight is 385 g/mol. The summed E-state index contributed by atoms with van der Waals surface area (Å²) in [6.45, 7) is 4.38. The zero-order valence-corrected chi connectivity index (χ0v) is 16.8. The maximum absolute atomic E-state index is 12.3. The van der Waals surface area contributed by atoms with Gasteiger partial charge in [0.1, 0.15) is 5.75 Å². The summed E-state index contributed by atoms with van der Waals surface area (Å²) in [6.07, 6.45) is 3.71. The van der Waals surface area contributed by atoms with Gasteiger partial charge in [0.05, 0.1) is 44.3 Å². The van der Waals surface area contributed by atoms with Crippen molar-refractivity contribution in [3.05, 3.63) is 41.7 Å². The molecular weight excluding hydrogens is 358 g/mol. The Kier molecular flexibility index (Phi) is 5.72. The lowest BCUT2D eigenvalue weighted by Gasteiger charge is -2.36. The number of ether oxygens (including phenoxy) is 2. The van der Waals surface area contributed by atoms with Crippen molar-refractivity contribution < 1.29 is 19.1 Å². The van der Waals surface area contributed by atoms with E-state index in [2.05, 4.69) is 29.0 Å². The van der Waals surface area contributed by atoms with E-state index in [4.69, 9.17) is 4.74 Å². The molecule has 0 bridgehead atoms. The lowest BCUT2D eigenvalue weighted by molar-refractivity contribution is -0.142. The molecule has 150 valence electrons. The minimum Gasteiger partial charge on any atom is -0.497 e. The van der Waals surface area contributed by atoms with Crippen LogP contribution in [0.3, 0.4) is 0 Å². The van der Waals surface area contributed by atoms with E-state index in [9.17, 15) is 9.59 Å². The van der Waals surface area contributed by atoms with Gasteiger partial charge in [0.15, 0.2) is 0 Å². The Morgan fingerprint density at radius 2 is 1.93 bits per heavy atom. The van der Waals surface area contributed by atoms with Gasteiger partial charge >= 0.3 is 5.97 Å². The predicted molar refractivity (Wildman–Crippen MR) is 104 cm³/mol. The molecule has 7 heteroatoms. The smallest absolute Gasteiger partial charge is 0.306 e. The predicted octanol–water partition coefficient (Wildman–Crippen LogP) is 2.96. The van der Waals surface area contributed by atoms with Crippen molar-refractivity contribution in [1.29, 1.82) is 0 Å². The number of esters is 1. The monoisotopic (exact) mass is 385 g/mol. The SMILES string of the molecule is COC(=O)CCC(=O)NC1CC(C)(C)Cc2c1cnn2-c1ccc(OC)cc1. The molecule has 0 saturated carbocycles. The van der Waals surface area contributed by atoms with Crippen LogP contribution < -0.4 is 10.1 Å². The number of aromatic nitrogens is 2. The first-order valence-electron chi connectivity index (χ1n) is 9.40. The Morgan fingerprint density at radius 1 is 1.21 bits per heavy atom. The highest BCUT2D eigenvalue weighted by molar-refractivity contribution is 5.81. The molecule has 1 aromatic carbocycles. The molecule has 1 aliphatic carbocycles. The van der Waals surface area contributed by atoms with Crippen molar-refractivity contribution >= 4 is 11.9 Å². The lowest BCUT2D eigenvalue weighted by Crippen LogP contribution is -2.36. The van der Waals surface area contributed by atoms with Crippen LogP contribution >= 0.6 is 0 Å². The zero-order chi connectivity index (χ0) is 20.3. The van der Waals surface area contributed by atoms with Crippen LogP contribution in [-0.2, 0) is 20.7 Å². The van der Waals surface area contributed by atoms with E-state index in [1.165, 1.54) is 7.11 Å². The number of nitrogens with zero attached hydrogens (tertiary/aromatic N) is 2. The third-order valence-corrected chi connectivity index (χ3v) is 5.12. The maximum Gasteiger partial charge on any atom is 0.306 e. The van der Waals surface area contributed by atoms with Crippen LogP contribution in [0, 0.1) is 5.41 Å². The lowest BCUT2D eigenvalue weighted by atomic mass is 9.74. The first kappa shape index (κ1) is 19.9. The van der Waals surface area contributed by atoms with Crippen LogP contribution in [0.5, 0.6) is 5.75 Å². The fraction of sp³-hybridized carbons (Fsp3) is 0.476. The fourth-order valence-corrected chi connectivity index (χ4v) is 3.70. The summed E-state index contributed by atoms with van der Waals surface area (Å²) in [4.78, 5) is 23.6. The molecule has 1 unspecified atom stereocenters. The van der Waals surface area contributed by atoms with Crippen LogP contribution in [0.15, 0.2) is 30.5 Å². The molecule has 1 aromatic heterocycles. The highest BCUT2D eigenvalue weighted by atomic mass is 16.5. The van der Waals surface area contributed by atoms with Crippen molar-refractivity contribution in [3.8, 4) is 11.4 Å². The molecule has 0 spiro atoms. The number of hydrogen-bond acceptors (Lipinski definition) is 5. The fourth-order valence-electron chi connectivity index (χ4n) is 3.70. The summed E-state index contributed by atoms with van der Waals surface area (Å²) < 4.78 is 11.8. The van der Waals surface area contributed by atoms with Crippen molar-refractivity contribution in [2.45, 2.75) is 45.6 Å². The van der Waals surface area contributed by atoms with E-state index in [-0.39, 0.29) is 36.2 Å². The normalized spacial score (nSPS) is 17.5. The number of methoxy groups -OCH3 is 2. The molecule has 1 N–H and O–H groups in total. The van der Waals surface area contributed by atoms with Crippen molar-refractivity contribution in [1.82, 2.24) is 15.1 Å².